The first kappa shape index (κ1) is 49.7. The minimum atomic E-state index is -9.19. The van der Waals surface area contributed by atoms with Crippen molar-refractivity contribution in [3.63, 3.8) is 0 Å². The van der Waals surface area contributed by atoms with Gasteiger partial charge >= 0.3 is 93.6 Å². The van der Waals surface area contributed by atoms with Crippen molar-refractivity contribution in [3.05, 3.63) is 0 Å². The maximum Gasteiger partial charge on any atom is 0.460 e. The first-order valence-electron chi connectivity index (χ1n) is 10.4. The van der Waals surface area contributed by atoms with Gasteiger partial charge in [-0.25, -0.2) is 18.0 Å². The van der Waals surface area contributed by atoms with Gasteiger partial charge in [0, 0.05) is 0 Å². The van der Waals surface area contributed by atoms with Gasteiger partial charge in [-0.3, -0.25) is 0 Å². The Balaban J connectivity index is 6.82. The number of halogens is 31. The molecule has 0 aliphatic heterocycles. The quantitative estimate of drug-likeness (QED) is 0.114. The fourth-order valence-electron chi connectivity index (χ4n) is 2.21. The van der Waals surface area contributed by atoms with Crippen molar-refractivity contribution in [2.24, 2.45) is 0 Å². The molecule has 0 aromatic carbocycles. The molecule has 0 bridgehead atoms. The van der Waals surface area contributed by atoms with Gasteiger partial charge in [0.15, 0.2) is 0 Å². The largest absolute Gasteiger partial charge is 0.460 e. The Kier molecular flexibility index (Phi) is 12.0. The molecule has 0 spiro atoms. The third-order valence-electron chi connectivity index (χ3n) is 5.07. The first-order chi connectivity index (χ1) is 21.8. The van der Waals surface area contributed by atoms with E-state index in [2.05, 4.69) is 0 Å². The zero-order valence-corrected chi connectivity index (χ0v) is 22.6. The van der Waals surface area contributed by atoms with Crippen LogP contribution in [0, 0.1) is 0 Å². The van der Waals surface area contributed by atoms with Crippen LogP contribution in [0.2, 0.25) is 0 Å². The highest BCUT2D eigenvalue weighted by atomic mass is 32.2. The lowest BCUT2D eigenvalue weighted by molar-refractivity contribution is -0.558. The highest BCUT2D eigenvalue weighted by Gasteiger charge is 2.90. The first-order valence-corrected chi connectivity index (χ1v) is 11.8. The van der Waals surface area contributed by atoms with Gasteiger partial charge < -0.3 is 0 Å². The summed E-state index contributed by atoms with van der Waals surface area (Å²) in [7, 11) is -9.19. The number of ether oxygens (including phenoxy) is 2. The van der Waals surface area contributed by atoms with E-state index in [1.165, 1.54) is 4.18 Å². The standard InChI is InChI=1S/C15HF31O5S/c16-1(49-52(47,48)15(45,46)8(29,30)5(23,24)10(34,35)36)2(17,18)3(19,20)6(25,26)11(37,38)50-13(41,42)14(43,44)51-12(39,40)7(27,28)4(21,22)9(31,32)33/h1H. The maximum atomic E-state index is 13.7. The Morgan fingerprint density at radius 1 is 0.346 bits per heavy atom. The third-order valence-corrected chi connectivity index (χ3v) is 6.38. The van der Waals surface area contributed by atoms with Crippen molar-refractivity contribution >= 4 is 10.1 Å². The van der Waals surface area contributed by atoms with Crippen molar-refractivity contribution in [1.29, 1.82) is 0 Å². The number of alkyl halides is 31. The van der Waals surface area contributed by atoms with Gasteiger partial charge in [0.1, 0.15) is 0 Å². The zero-order valence-electron chi connectivity index (χ0n) is 21.7. The average molecular weight is 882 g/mol. The molecule has 0 radical (unpaired) electrons. The number of hydrogen-bond acceptors (Lipinski definition) is 5. The Morgan fingerprint density at radius 3 is 0.865 bits per heavy atom. The Bertz CT molecular complexity index is 1390. The van der Waals surface area contributed by atoms with E-state index in [0.29, 0.717) is 0 Å². The van der Waals surface area contributed by atoms with E-state index in [1.54, 1.807) is 0 Å². The summed E-state index contributed by atoms with van der Waals surface area (Å²) >= 11 is 0. The predicted molar refractivity (Wildman–Crippen MR) is 88.5 cm³/mol. The van der Waals surface area contributed by atoms with Gasteiger partial charge in [-0.2, -0.15) is 140 Å². The molecular formula is C15HF31O5S. The van der Waals surface area contributed by atoms with E-state index in [0.717, 1.165) is 9.47 Å². The van der Waals surface area contributed by atoms with Crippen molar-refractivity contribution in [2.75, 3.05) is 0 Å². The molecule has 0 saturated heterocycles. The van der Waals surface area contributed by atoms with Crippen LogP contribution in [0.5, 0.6) is 0 Å². The van der Waals surface area contributed by atoms with Crippen LogP contribution in [-0.4, -0.2) is 98.3 Å². The molecule has 0 saturated carbocycles. The normalized spacial score (nSPS) is 17.4. The van der Waals surface area contributed by atoms with Crippen molar-refractivity contribution in [2.45, 2.75) is 89.9 Å². The second-order valence-corrected chi connectivity index (χ2v) is 10.3. The third kappa shape index (κ3) is 7.25. The molecule has 0 aromatic rings. The lowest BCUT2D eigenvalue weighted by Crippen LogP contribution is -2.68. The van der Waals surface area contributed by atoms with Crippen LogP contribution in [-0.2, 0) is 23.8 Å². The van der Waals surface area contributed by atoms with Crippen LogP contribution in [0.4, 0.5) is 136 Å². The molecule has 37 heteroatoms. The van der Waals surface area contributed by atoms with Gasteiger partial charge in [0.2, 0.25) is 0 Å². The van der Waals surface area contributed by atoms with E-state index < -0.39 is 100.0 Å². The summed E-state index contributed by atoms with van der Waals surface area (Å²) in [6, 6.07) is 0. The van der Waals surface area contributed by atoms with Crippen molar-refractivity contribution < 1.29 is 158 Å². The summed E-state index contributed by atoms with van der Waals surface area (Å²) in [5.41, 5.74) is 0. The monoisotopic (exact) mass is 882 g/mol. The van der Waals surface area contributed by atoms with Gasteiger partial charge in [0.05, 0.1) is 0 Å². The Labute approximate surface area is 259 Å². The SMILES string of the molecule is O=S(=O)(OC(F)C(F)(F)C(F)(F)C(F)(F)C(F)(F)OC(F)(F)C(F)(F)OC(F)(F)C(F)(F)C(F)(F)C(F)(F)F)C(F)(F)C(F)(F)C(F)(F)C(F)(F)F. The molecule has 0 aliphatic rings. The van der Waals surface area contributed by atoms with Crippen LogP contribution in [0.3, 0.4) is 0 Å². The molecule has 0 rings (SSSR count). The van der Waals surface area contributed by atoms with E-state index >= 15 is 0 Å². The minimum Gasteiger partial charge on any atom is -0.243 e. The Morgan fingerprint density at radius 2 is 0.596 bits per heavy atom. The minimum absolute atomic E-state index is 0.813. The second kappa shape index (κ2) is 12.6. The number of hydrogen-bond donors (Lipinski definition) is 0. The molecule has 0 aliphatic carbocycles. The summed E-state index contributed by atoms with van der Waals surface area (Å²) in [5, 5.41) is -8.53. The van der Waals surface area contributed by atoms with Crippen LogP contribution < -0.4 is 0 Å². The second-order valence-electron chi connectivity index (χ2n) is 8.72. The summed E-state index contributed by atoms with van der Waals surface area (Å²) in [4.78, 5) is 0. The molecule has 5 nitrogen and oxygen atoms in total. The maximum absolute atomic E-state index is 13.7. The van der Waals surface area contributed by atoms with Crippen LogP contribution in [0.25, 0.3) is 0 Å². The smallest absolute Gasteiger partial charge is 0.243 e. The highest BCUT2D eigenvalue weighted by molar-refractivity contribution is 7.87. The lowest BCUT2D eigenvalue weighted by Gasteiger charge is -2.39. The molecule has 0 fully saturated rings. The topological polar surface area (TPSA) is 61.8 Å². The summed E-state index contributed by atoms with van der Waals surface area (Å²) < 4.78 is 428. The number of rotatable bonds is 16. The van der Waals surface area contributed by atoms with Crippen molar-refractivity contribution in [1.82, 2.24) is 0 Å². The molecular weight excluding hydrogens is 881 g/mol. The van der Waals surface area contributed by atoms with E-state index in [-0.39, 0.29) is 0 Å². The van der Waals surface area contributed by atoms with Crippen molar-refractivity contribution in [3.8, 4) is 0 Å². The molecule has 52 heavy (non-hydrogen) atoms. The summed E-state index contributed by atoms with van der Waals surface area (Å²) in [5.74, 6) is -60.9. The zero-order chi connectivity index (χ0) is 43.2. The van der Waals surface area contributed by atoms with Gasteiger partial charge in [0.25, 0.3) is 6.36 Å². The van der Waals surface area contributed by atoms with Gasteiger partial charge in [-0.1, -0.05) is 0 Å². The molecule has 0 heterocycles. The highest BCUT2D eigenvalue weighted by Crippen LogP contribution is 2.60. The van der Waals surface area contributed by atoms with E-state index in [1.807, 2.05) is 0 Å². The molecule has 0 N–H and O–H groups in total. The molecule has 314 valence electrons. The summed E-state index contributed by atoms with van der Waals surface area (Å²) in [6.45, 7) is 0. The molecule has 1 unspecified atom stereocenters. The molecule has 0 aromatic heterocycles. The average Bonchev–Trinajstić information content (AvgIpc) is 2.84. The molecule has 1 atom stereocenters. The van der Waals surface area contributed by atoms with Crippen LogP contribution in [0.15, 0.2) is 0 Å². The summed E-state index contributed by atoms with van der Waals surface area (Å²) in [6.07, 6.45) is -57.6. The molecule has 0 amide bonds. The predicted octanol–water partition coefficient (Wildman–Crippen LogP) is 9.20. The Hall–Kier alpha value is -2.34. The van der Waals surface area contributed by atoms with Gasteiger partial charge in [-0.15, -0.1) is 0 Å². The van der Waals surface area contributed by atoms with E-state index in [9.17, 15) is 145 Å². The fourth-order valence-corrected chi connectivity index (χ4v) is 3.12. The van der Waals surface area contributed by atoms with E-state index in [4.69, 9.17) is 0 Å². The lowest BCUT2D eigenvalue weighted by atomic mass is 10.0. The fraction of sp³-hybridized carbons (Fsp3) is 1.00. The van der Waals surface area contributed by atoms with Crippen LogP contribution in [0.1, 0.15) is 0 Å². The van der Waals surface area contributed by atoms with Gasteiger partial charge in [-0.05, 0) is 0 Å². The van der Waals surface area contributed by atoms with Crippen LogP contribution >= 0.6 is 0 Å².